The van der Waals surface area contributed by atoms with E-state index in [1.165, 1.54) is 6.42 Å². The number of halogens is 1. The molecule has 0 saturated heterocycles. The number of fused-ring (bicyclic) bond motifs is 1. The lowest BCUT2D eigenvalue weighted by Crippen LogP contribution is -2.45. The normalized spacial score (nSPS) is 15.1. The summed E-state index contributed by atoms with van der Waals surface area (Å²) in [7, 11) is 0. The second-order valence-electron chi connectivity index (χ2n) is 5.16. The van der Waals surface area contributed by atoms with Crippen LogP contribution in [0.25, 0.3) is 10.9 Å². The van der Waals surface area contributed by atoms with E-state index in [0.29, 0.717) is 11.7 Å². The number of aromatic nitrogens is 1. The molecule has 3 nitrogen and oxygen atoms in total. The van der Waals surface area contributed by atoms with Gasteiger partial charge in [-0.2, -0.15) is 0 Å². The summed E-state index contributed by atoms with van der Waals surface area (Å²) in [5.74, 6) is 0.0555. The molecule has 1 aromatic carbocycles. The fraction of sp³-hybridized carbons (Fsp3) is 0.375. The summed E-state index contributed by atoms with van der Waals surface area (Å²) in [6, 6.07) is 12.1. The smallest absolute Gasteiger partial charge is 0.272 e. The van der Waals surface area contributed by atoms with Crippen molar-refractivity contribution in [3.63, 3.8) is 0 Å². The molecule has 0 radical (unpaired) electrons. The molecular weight excluding hydrogens is 316 g/mol. The Balaban J connectivity index is 1.89. The molecule has 0 N–H and O–H groups in total. The molecule has 3 rings (SSSR count). The van der Waals surface area contributed by atoms with Gasteiger partial charge in [0.1, 0.15) is 5.69 Å². The van der Waals surface area contributed by atoms with E-state index in [0.717, 1.165) is 35.6 Å². The Kier molecular flexibility index (Phi) is 4.01. The summed E-state index contributed by atoms with van der Waals surface area (Å²) in [5, 5.41) is 1.88. The minimum absolute atomic E-state index is 0.0555. The van der Waals surface area contributed by atoms with Crippen molar-refractivity contribution in [2.45, 2.75) is 25.3 Å². The molecule has 1 heterocycles. The van der Waals surface area contributed by atoms with Crippen LogP contribution in [0.4, 0.5) is 0 Å². The quantitative estimate of drug-likeness (QED) is 0.801. The molecule has 1 amide bonds. The lowest BCUT2D eigenvalue weighted by Gasteiger charge is -2.37. The highest BCUT2D eigenvalue weighted by atomic mass is 79.9. The average molecular weight is 333 g/mol. The number of carbonyl (C=O) groups excluding carboxylic acids is 1. The van der Waals surface area contributed by atoms with Crippen LogP contribution in [0.2, 0.25) is 0 Å². The monoisotopic (exact) mass is 332 g/mol. The molecule has 1 aliphatic carbocycles. The molecule has 1 saturated carbocycles. The number of pyridine rings is 1. The van der Waals surface area contributed by atoms with Gasteiger partial charge in [-0.1, -0.05) is 40.2 Å². The minimum Gasteiger partial charge on any atom is -0.333 e. The summed E-state index contributed by atoms with van der Waals surface area (Å²) in [4.78, 5) is 19.1. The maximum atomic E-state index is 12.7. The van der Waals surface area contributed by atoms with Crippen LogP contribution in [0.5, 0.6) is 0 Å². The summed E-state index contributed by atoms with van der Waals surface area (Å²) < 4.78 is 0. The van der Waals surface area contributed by atoms with E-state index < -0.39 is 0 Å². The number of carbonyl (C=O) groups is 1. The summed E-state index contributed by atoms with van der Waals surface area (Å²) in [6.45, 7) is 0.748. The van der Waals surface area contributed by atoms with E-state index >= 15 is 0 Å². The Bertz CT molecular complexity index is 625. The highest BCUT2D eigenvalue weighted by Gasteiger charge is 2.29. The van der Waals surface area contributed by atoms with Crippen LogP contribution in [0.3, 0.4) is 0 Å². The van der Waals surface area contributed by atoms with Crippen molar-refractivity contribution in [3.05, 3.63) is 42.1 Å². The van der Waals surface area contributed by atoms with Crippen LogP contribution in [0.1, 0.15) is 29.8 Å². The molecule has 1 fully saturated rings. The van der Waals surface area contributed by atoms with Gasteiger partial charge in [0, 0.05) is 23.3 Å². The first kappa shape index (κ1) is 13.6. The number of alkyl halides is 1. The maximum Gasteiger partial charge on any atom is 0.272 e. The molecule has 20 heavy (non-hydrogen) atoms. The lowest BCUT2D eigenvalue weighted by atomic mass is 9.91. The molecular formula is C16H17BrN2O. The minimum atomic E-state index is 0.0555. The van der Waals surface area contributed by atoms with E-state index in [1.54, 1.807) is 0 Å². The molecule has 0 bridgehead atoms. The zero-order valence-electron chi connectivity index (χ0n) is 11.3. The summed E-state index contributed by atoms with van der Waals surface area (Å²) in [6.07, 6.45) is 3.46. The number of hydrogen-bond acceptors (Lipinski definition) is 2. The maximum absolute atomic E-state index is 12.7. The number of hydrogen-bond donors (Lipinski definition) is 0. The van der Waals surface area contributed by atoms with Crippen LogP contribution < -0.4 is 0 Å². The first-order chi connectivity index (χ1) is 9.79. The number of rotatable bonds is 4. The van der Waals surface area contributed by atoms with Crippen LogP contribution in [-0.4, -0.2) is 33.7 Å². The topological polar surface area (TPSA) is 33.2 Å². The van der Waals surface area contributed by atoms with Gasteiger partial charge < -0.3 is 4.90 Å². The second kappa shape index (κ2) is 5.92. The van der Waals surface area contributed by atoms with E-state index in [2.05, 4.69) is 20.9 Å². The fourth-order valence-electron chi connectivity index (χ4n) is 2.57. The molecule has 0 atom stereocenters. The van der Waals surface area contributed by atoms with Crippen LogP contribution in [-0.2, 0) is 0 Å². The molecule has 1 aromatic heterocycles. The van der Waals surface area contributed by atoms with Gasteiger partial charge in [0.2, 0.25) is 0 Å². The van der Waals surface area contributed by atoms with Gasteiger partial charge in [-0.3, -0.25) is 4.79 Å². The third kappa shape index (κ3) is 2.57. The largest absolute Gasteiger partial charge is 0.333 e. The number of para-hydroxylation sites is 1. The molecule has 2 aromatic rings. The van der Waals surface area contributed by atoms with Crippen molar-refractivity contribution in [3.8, 4) is 0 Å². The van der Waals surface area contributed by atoms with Gasteiger partial charge in [0.05, 0.1) is 5.52 Å². The van der Waals surface area contributed by atoms with Crippen LogP contribution >= 0.6 is 15.9 Å². The lowest BCUT2D eigenvalue weighted by molar-refractivity contribution is 0.0594. The van der Waals surface area contributed by atoms with Crippen molar-refractivity contribution in [1.29, 1.82) is 0 Å². The Hall–Kier alpha value is -1.42. The van der Waals surface area contributed by atoms with E-state index in [-0.39, 0.29) is 5.91 Å². The van der Waals surface area contributed by atoms with Gasteiger partial charge >= 0.3 is 0 Å². The van der Waals surface area contributed by atoms with Gasteiger partial charge in [-0.15, -0.1) is 0 Å². The third-order valence-electron chi connectivity index (χ3n) is 3.92. The molecule has 104 valence electrons. The van der Waals surface area contributed by atoms with Crippen molar-refractivity contribution >= 4 is 32.7 Å². The van der Waals surface area contributed by atoms with E-state index in [1.807, 2.05) is 41.3 Å². The highest BCUT2D eigenvalue weighted by molar-refractivity contribution is 9.09. The van der Waals surface area contributed by atoms with Gasteiger partial charge in [0.15, 0.2) is 0 Å². The Morgan fingerprint density at radius 1 is 1.25 bits per heavy atom. The Morgan fingerprint density at radius 3 is 2.75 bits per heavy atom. The standard InChI is InChI=1S/C16H17BrN2O/c17-10-11-19(13-5-3-6-13)16(20)15-9-8-12-4-1-2-7-14(12)18-15/h1-2,4,7-9,13H,3,5-6,10-11H2. The highest BCUT2D eigenvalue weighted by Crippen LogP contribution is 2.26. The van der Waals surface area contributed by atoms with Crippen molar-refractivity contribution in [2.75, 3.05) is 11.9 Å². The predicted octanol–water partition coefficient (Wildman–Crippen LogP) is 3.62. The summed E-state index contributed by atoms with van der Waals surface area (Å²) >= 11 is 3.44. The first-order valence-corrected chi connectivity index (χ1v) is 8.14. The predicted molar refractivity (Wildman–Crippen MR) is 84.2 cm³/mol. The zero-order chi connectivity index (χ0) is 13.9. The Labute approximate surface area is 127 Å². The summed E-state index contributed by atoms with van der Waals surface area (Å²) in [5.41, 5.74) is 1.43. The molecule has 0 unspecified atom stereocenters. The first-order valence-electron chi connectivity index (χ1n) is 7.02. The second-order valence-corrected chi connectivity index (χ2v) is 5.95. The van der Waals surface area contributed by atoms with E-state index in [9.17, 15) is 4.79 Å². The molecule has 1 aliphatic rings. The number of amides is 1. The SMILES string of the molecule is O=C(c1ccc2ccccc2n1)N(CCBr)C1CCC1. The Morgan fingerprint density at radius 2 is 2.05 bits per heavy atom. The van der Waals surface area contributed by atoms with Gasteiger partial charge in [-0.25, -0.2) is 4.98 Å². The average Bonchev–Trinajstić information content (AvgIpc) is 2.43. The molecule has 4 heteroatoms. The van der Waals surface area contributed by atoms with Crippen molar-refractivity contribution in [1.82, 2.24) is 9.88 Å². The van der Waals surface area contributed by atoms with Gasteiger partial charge in [0.25, 0.3) is 5.91 Å². The molecule has 0 aliphatic heterocycles. The zero-order valence-corrected chi connectivity index (χ0v) is 12.8. The molecule has 0 spiro atoms. The number of benzene rings is 1. The number of nitrogens with zero attached hydrogens (tertiary/aromatic N) is 2. The van der Waals surface area contributed by atoms with Crippen LogP contribution in [0, 0.1) is 0 Å². The third-order valence-corrected chi connectivity index (χ3v) is 4.27. The fourth-order valence-corrected chi connectivity index (χ4v) is 2.95. The van der Waals surface area contributed by atoms with Gasteiger partial charge in [-0.05, 0) is 31.4 Å². The van der Waals surface area contributed by atoms with E-state index in [4.69, 9.17) is 0 Å². The van der Waals surface area contributed by atoms with Crippen molar-refractivity contribution < 1.29 is 4.79 Å². The van der Waals surface area contributed by atoms with Crippen molar-refractivity contribution in [2.24, 2.45) is 0 Å². The van der Waals surface area contributed by atoms with Crippen LogP contribution in [0.15, 0.2) is 36.4 Å².